The van der Waals surface area contributed by atoms with E-state index in [-0.39, 0.29) is 19.8 Å². The van der Waals surface area contributed by atoms with E-state index < -0.39 is 53.3 Å². The maximum atomic E-state index is 15.4. The molecule has 6 atom stereocenters. The van der Waals surface area contributed by atoms with Crippen molar-refractivity contribution >= 4 is 23.5 Å². The zero-order valence-corrected chi connectivity index (χ0v) is 32.8. The van der Waals surface area contributed by atoms with Crippen LogP contribution in [0.5, 0.6) is 5.75 Å². The molecule has 3 aliphatic rings. The van der Waals surface area contributed by atoms with Gasteiger partial charge in [0, 0.05) is 29.9 Å². The molecular weight excluding hydrogens is 741 g/mol. The first-order valence-corrected chi connectivity index (χ1v) is 19.8. The molecule has 2 fully saturated rings. The zero-order valence-electron chi connectivity index (χ0n) is 32.8. The van der Waals surface area contributed by atoms with Crippen LogP contribution in [0, 0.1) is 17.8 Å². The van der Waals surface area contributed by atoms with Gasteiger partial charge in [0.05, 0.1) is 31.2 Å². The minimum atomic E-state index is -1.71. The Morgan fingerprint density at radius 3 is 2.32 bits per heavy atom. The Kier molecular flexibility index (Phi) is 11.4. The number of carbonyl (C=O) groups excluding carboxylic acids is 3. The number of ether oxygens (including phenoxy) is 2. The molecule has 0 saturated carbocycles. The topological polar surface area (TPSA) is 120 Å². The van der Waals surface area contributed by atoms with Crippen LogP contribution in [0.2, 0.25) is 0 Å². The molecule has 298 valence electrons. The smallest absolute Gasteiger partial charge is 0.324 e. The van der Waals surface area contributed by atoms with E-state index in [0.29, 0.717) is 34.7 Å². The van der Waals surface area contributed by atoms with E-state index in [9.17, 15) is 14.7 Å². The molecule has 10 nitrogen and oxygen atoms in total. The summed E-state index contributed by atoms with van der Waals surface area (Å²) in [5.41, 5.74) is 3.35. The largest absolute Gasteiger partial charge is 0.491 e. The summed E-state index contributed by atoms with van der Waals surface area (Å²) in [6.45, 7) is 4.88. The summed E-state index contributed by atoms with van der Waals surface area (Å²) >= 11 is 0. The van der Waals surface area contributed by atoms with Crippen LogP contribution in [0.3, 0.4) is 0 Å². The standard InChI is InChI=1S/C49H46N4O6/c1-3-27-50-46(55)41-43-47(56)59-44(36-21-11-6-12-22-36)42(35-19-9-5-10-20-35)53(43)45(37-23-13-14-24-40(37)58-30-29-54)49(41)38-31-33(25-26-39(38)51-48(49)57)18-15-28-52(2)32-34-16-7-4-8-17-34/h3-14,16-17,19-26,31,41-45,54H,1,27-30,32H2,2H3,(H,50,55)(H,51,57)/t41-,42-,43-,44+,45+,49-/m1/s1. The van der Waals surface area contributed by atoms with E-state index in [2.05, 4.69) is 46.1 Å². The molecule has 2 amide bonds. The second-order valence-corrected chi connectivity index (χ2v) is 15.1. The SMILES string of the molecule is C=CCNC(=O)[C@H]1[C@@H]2C(=O)O[C@@H](c3ccccc3)[C@@H](c3ccccc3)N2[C@@H](c2ccccc2OCCO)[C@]12C(=O)Nc1ccc(C#CCN(C)Cc3ccccc3)cc12. The molecule has 0 aromatic heterocycles. The van der Waals surface area contributed by atoms with E-state index in [1.807, 2.05) is 127 Å². The number of hydrogen-bond acceptors (Lipinski definition) is 8. The average molecular weight is 787 g/mol. The summed E-state index contributed by atoms with van der Waals surface area (Å²) in [5, 5.41) is 16.0. The van der Waals surface area contributed by atoms with Gasteiger partial charge in [-0.25, -0.2) is 0 Å². The fraction of sp³-hybridized carbons (Fsp3) is 0.245. The molecule has 3 N–H and O–H groups in total. The van der Waals surface area contributed by atoms with Crippen LogP contribution >= 0.6 is 0 Å². The molecule has 3 aliphatic heterocycles. The monoisotopic (exact) mass is 786 g/mol. The molecular formula is C49H46N4O6. The lowest BCUT2D eigenvalue weighted by molar-refractivity contribution is -0.178. The molecule has 5 aromatic carbocycles. The third-order valence-corrected chi connectivity index (χ3v) is 11.5. The summed E-state index contributed by atoms with van der Waals surface area (Å²) in [4.78, 5) is 49.4. The molecule has 0 bridgehead atoms. The number of nitrogens with one attached hydrogen (secondary N) is 2. The molecule has 1 spiro atoms. The van der Waals surface area contributed by atoms with Gasteiger partial charge in [-0.1, -0.05) is 127 Å². The number of benzene rings is 5. The Morgan fingerprint density at radius 1 is 0.932 bits per heavy atom. The van der Waals surface area contributed by atoms with Crippen molar-refractivity contribution in [3.8, 4) is 17.6 Å². The summed E-state index contributed by atoms with van der Waals surface area (Å²) in [7, 11) is 2.01. The highest BCUT2D eigenvalue weighted by Crippen LogP contribution is 2.65. The Labute approximate surface area is 344 Å². The normalized spacial score (nSPS) is 23.1. The van der Waals surface area contributed by atoms with E-state index in [1.165, 1.54) is 5.56 Å². The third kappa shape index (κ3) is 7.29. The van der Waals surface area contributed by atoms with Crippen LogP contribution in [0.4, 0.5) is 5.69 Å². The fourth-order valence-corrected chi connectivity index (χ4v) is 9.15. The van der Waals surface area contributed by atoms with Crippen LogP contribution in [-0.4, -0.2) is 72.1 Å². The van der Waals surface area contributed by atoms with Crippen LogP contribution in [-0.2, 0) is 31.1 Å². The average Bonchev–Trinajstić information content (AvgIpc) is 3.74. The van der Waals surface area contributed by atoms with Crippen LogP contribution in [0.1, 0.15) is 51.6 Å². The first kappa shape index (κ1) is 39.3. The van der Waals surface area contributed by atoms with Crippen molar-refractivity contribution in [3.05, 3.63) is 179 Å². The number of amides is 2. The maximum absolute atomic E-state index is 15.4. The van der Waals surface area contributed by atoms with Crippen molar-refractivity contribution in [1.82, 2.24) is 15.1 Å². The first-order chi connectivity index (χ1) is 28.9. The Morgan fingerprint density at radius 2 is 1.61 bits per heavy atom. The van der Waals surface area contributed by atoms with Crippen LogP contribution in [0.15, 0.2) is 146 Å². The van der Waals surface area contributed by atoms with Gasteiger partial charge in [0.2, 0.25) is 11.8 Å². The van der Waals surface area contributed by atoms with Crippen LogP contribution < -0.4 is 15.4 Å². The lowest BCUT2D eigenvalue weighted by atomic mass is 9.65. The fourth-order valence-electron chi connectivity index (χ4n) is 9.15. The number of morpholine rings is 1. The van der Waals surface area contributed by atoms with Crippen molar-refractivity contribution in [2.24, 2.45) is 5.92 Å². The van der Waals surface area contributed by atoms with E-state index in [0.717, 1.165) is 17.7 Å². The van der Waals surface area contributed by atoms with E-state index in [4.69, 9.17) is 9.47 Å². The van der Waals surface area contributed by atoms with Crippen molar-refractivity contribution in [1.29, 1.82) is 0 Å². The number of fused-ring (bicyclic) bond motifs is 3. The zero-order chi connectivity index (χ0) is 40.9. The second kappa shape index (κ2) is 17.1. The number of carbonyl (C=O) groups is 3. The van der Waals surface area contributed by atoms with Crippen molar-refractivity contribution in [2.75, 3.05) is 38.7 Å². The van der Waals surface area contributed by atoms with Crippen LogP contribution in [0.25, 0.3) is 0 Å². The highest BCUT2D eigenvalue weighted by molar-refractivity contribution is 6.12. The summed E-state index contributed by atoms with van der Waals surface area (Å²) in [6.07, 6.45) is 0.756. The lowest BCUT2D eigenvalue weighted by Crippen LogP contribution is -2.54. The molecule has 0 aliphatic carbocycles. The highest BCUT2D eigenvalue weighted by atomic mass is 16.6. The van der Waals surface area contributed by atoms with E-state index >= 15 is 4.79 Å². The van der Waals surface area contributed by atoms with Gasteiger partial charge in [0.25, 0.3) is 0 Å². The molecule has 10 heteroatoms. The van der Waals surface area contributed by atoms with Crippen molar-refractivity contribution < 1.29 is 29.0 Å². The number of hydrogen-bond donors (Lipinski definition) is 3. The third-order valence-electron chi connectivity index (χ3n) is 11.5. The number of para-hydroxylation sites is 1. The highest BCUT2D eigenvalue weighted by Gasteiger charge is 2.74. The number of esters is 1. The Bertz CT molecular complexity index is 2400. The number of rotatable bonds is 12. The molecule has 8 rings (SSSR count). The van der Waals surface area contributed by atoms with Gasteiger partial charge in [0.15, 0.2) is 0 Å². The molecule has 0 radical (unpaired) electrons. The van der Waals surface area contributed by atoms with Gasteiger partial charge >= 0.3 is 5.97 Å². The molecule has 2 saturated heterocycles. The number of nitrogens with zero attached hydrogens (tertiary/aromatic N) is 2. The molecule has 59 heavy (non-hydrogen) atoms. The minimum absolute atomic E-state index is 0.0125. The Balaban J connectivity index is 1.35. The van der Waals surface area contributed by atoms with Gasteiger partial charge < -0.3 is 25.2 Å². The second-order valence-electron chi connectivity index (χ2n) is 15.1. The van der Waals surface area contributed by atoms with Gasteiger partial charge in [-0.2, -0.15) is 0 Å². The van der Waals surface area contributed by atoms with E-state index in [1.54, 1.807) is 12.1 Å². The van der Waals surface area contributed by atoms with Gasteiger partial charge in [-0.05, 0) is 53.6 Å². The lowest BCUT2D eigenvalue weighted by Gasteiger charge is -2.46. The summed E-state index contributed by atoms with van der Waals surface area (Å²) in [5.74, 6) is 4.19. The summed E-state index contributed by atoms with van der Waals surface area (Å²) in [6, 6.07) is 39.5. The predicted molar refractivity (Wildman–Crippen MR) is 225 cm³/mol. The predicted octanol–water partition coefficient (Wildman–Crippen LogP) is 6.11. The van der Waals surface area contributed by atoms with Crippen molar-refractivity contribution in [2.45, 2.75) is 36.2 Å². The minimum Gasteiger partial charge on any atom is -0.491 e. The number of aliphatic hydroxyl groups is 1. The van der Waals surface area contributed by atoms with Gasteiger partial charge in [-0.15, -0.1) is 6.58 Å². The van der Waals surface area contributed by atoms with Gasteiger partial charge in [0.1, 0.15) is 29.9 Å². The molecule has 3 heterocycles. The molecule has 5 aromatic rings. The molecule has 0 unspecified atom stereocenters. The number of aliphatic hydroxyl groups excluding tert-OH is 1. The maximum Gasteiger partial charge on any atom is 0.324 e. The van der Waals surface area contributed by atoms with Crippen molar-refractivity contribution in [3.63, 3.8) is 0 Å². The number of anilines is 1. The summed E-state index contributed by atoms with van der Waals surface area (Å²) < 4.78 is 12.7. The quantitative estimate of drug-likeness (QED) is 0.0788. The Hall–Kier alpha value is -6.51. The first-order valence-electron chi connectivity index (χ1n) is 19.8. The number of cyclic esters (lactones) is 1. The van der Waals surface area contributed by atoms with Gasteiger partial charge in [-0.3, -0.25) is 24.2 Å².